The van der Waals surface area contributed by atoms with Gasteiger partial charge in [0, 0.05) is 35.1 Å². The number of aliphatic carboxylic acids is 1. The van der Waals surface area contributed by atoms with E-state index in [0.717, 1.165) is 27.6 Å². The number of aromatic nitrogens is 1. The fourth-order valence-corrected chi connectivity index (χ4v) is 4.78. The molecule has 0 bridgehead atoms. The van der Waals surface area contributed by atoms with Crippen molar-refractivity contribution in [3.05, 3.63) is 106 Å². The van der Waals surface area contributed by atoms with Crippen LogP contribution in [0.15, 0.2) is 72.8 Å². The van der Waals surface area contributed by atoms with Gasteiger partial charge in [-0.25, -0.2) is 4.79 Å². The Labute approximate surface area is 219 Å². The van der Waals surface area contributed by atoms with Crippen LogP contribution in [0.5, 0.6) is 0 Å². The number of nitrogens with zero attached hydrogens (tertiary/aromatic N) is 1. The molecule has 0 aliphatic carbocycles. The quantitative estimate of drug-likeness (QED) is 0.223. The zero-order valence-corrected chi connectivity index (χ0v) is 21.2. The molecule has 0 aliphatic heterocycles. The number of aliphatic hydroxyl groups is 1. The molecule has 0 amide bonds. The van der Waals surface area contributed by atoms with E-state index >= 15 is 0 Å². The summed E-state index contributed by atoms with van der Waals surface area (Å²) >= 11 is 6.02. The Kier molecular flexibility index (Phi) is 8.28. The third kappa shape index (κ3) is 6.57. The maximum Gasteiger partial charge on any atom is 0.352 e. The minimum Gasteiger partial charge on any atom is -0.481 e. The Morgan fingerprint density at radius 2 is 1.73 bits per heavy atom. The molecule has 192 valence electrons. The van der Waals surface area contributed by atoms with E-state index in [-0.39, 0.29) is 24.7 Å². The topological polar surface area (TPSA) is 112 Å². The van der Waals surface area contributed by atoms with Gasteiger partial charge in [0.05, 0.1) is 12.5 Å². The number of hydrogen-bond acceptors (Lipinski definition) is 4. The predicted molar refractivity (Wildman–Crippen MR) is 143 cm³/mol. The molecule has 8 heteroatoms. The molecule has 1 heterocycles. The van der Waals surface area contributed by atoms with E-state index in [1.54, 1.807) is 34.9 Å². The highest BCUT2D eigenvalue weighted by Gasteiger charge is 2.18. The van der Waals surface area contributed by atoms with Gasteiger partial charge in [-0.1, -0.05) is 54.1 Å². The molecule has 0 aliphatic rings. The van der Waals surface area contributed by atoms with Gasteiger partial charge in [-0.3, -0.25) is 4.79 Å². The van der Waals surface area contributed by atoms with E-state index < -0.39 is 18.0 Å². The first kappa shape index (κ1) is 26.4. The average molecular weight is 521 g/mol. The van der Waals surface area contributed by atoms with Gasteiger partial charge in [-0.2, -0.15) is 0 Å². The SMILES string of the molecule is CC(Cc1ccc2c(c1)cc(C(=O)O)n2Cc1ccccc1CC(=O)O)NCC(O)c1cccc(Cl)c1. The summed E-state index contributed by atoms with van der Waals surface area (Å²) in [5.41, 5.74) is 4.12. The molecule has 0 radical (unpaired) electrons. The molecular formula is C29H29ClN2O5. The van der Waals surface area contributed by atoms with Gasteiger partial charge in [-0.05, 0) is 65.9 Å². The second-order valence-corrected chi connectivity index (χ2v) is 9.67. The predicted octanol–water partition coefficient (Wildman–Crippen LogP) is 4.92. The average Bonchev–Trinajstić information content (AvgIpc) is 3.21. The van der Waals surface area contributed by atoms with Crippen molar-refractivity contribution >= 4 is 34.4 Å². The molecule has 0 fully saturated rings. The third-order valence-electron chi connectivity index (χ3n) is 6.41. The fourth-order valence-electron chi connectivity index (χ4n) is 4.58. The van der Waals surface area contributed by atoms with Crippen LogP contribution in [0.4, 0.5) is 0 Å². The minimum atomic E-state index is -1.04. The number of aliphatic hydroxyl groups excluding tert-OH is 1. The summed E-state index contributed by atoms with van der Waals surface area (Å²) in [4.78, 5) is 23.3. The van der Waals surface area contributed by atoms with Crippen LogP contribution in [-0.2, 0) is 24.2 Å². The van der Waals surface area contributed by atoms with Crippen molar-refractivity contribution in [1.29, 1.82) is 0 Å². The van der Waals surface area contributed by atoms with Gasteiger partial charge in [0.1, 0.15) is 5.69 Å². The molecule has 0 saturated heterocycles. The normalized spacial score (nSPS) is 12.9. The summed E-state index contributed by atoms with van der Waals surface area (Å²) in [7, 11) is 0. The third-order valence-corrected chi connectivity index (χ3v) is 6.64. The number of benzene rings is 3. The van der Waals surface area contributed by atoms with Crippen molar-refractivity contribution in [3.8, 4) is 0 Å². The van der Waals surface area contributed by atoms with Crippen molar-refractivity contribution < 1.29 is 24.9 Å². The van der Waals surface area contributed by atoms with Gasteiger partial charge in [0.15, 0.2) is 0 Å². The van der Waals surface area contributed by atoms with E-state index in [1.165, 1.54) is 0 Å². The number of fused-ring (bicyclic) bond motifs is 1. The van der Waals surface area contributed by atoms with Crippen LogP contribution >= 0.6 is 11.6 Å². The lowest BCUT2D eigenvalue weighted by molar-refractivity contribution is -0.136. The lowest BCUT2D eigenvalue weighted by Gasteiger charge is -2.18. The van der Waals surface area contributed by atoms with Gasteiger partial charge in [-0.15, -0.1) is 0 Å². The standard InChI is InChI=1S/C29H29ClN2O5/c1-18(31-16-27(33)21-7-4-8-24(30)13-21)11-19-9-10-25-23(12-19)14-26(29(36)37)32(25)17-22-6-3-2-5-20(22)15-28(34)35/h2-10,12-14,18,27,31,33H,11,15-17H2,1H3,(H,34,35)(H,36,37). The van der Waals surface area contributed by atoms with Gasteiger partial charge >= 0.3 is 11.9 Å². The second-order valence-electron chi connectivity index (χ2n) is 9.24. The Balaban J connectivity index is 1.51. The molecule has 0 saturated carbocycles. The number of carboxylic acid groups (broad SMARTS) is 2. The molecule has 2 unspecified atom stereocenters. The zero-order chi connectivity index (χ0) is 26.5. The van der Waals surface area contributed by atoms with E-state index in [4.69, 9.17) is 11.6 Å². The molecule has 2 atom stereocenters. The Morgan fingerprint density at radius 3 is 2.43 bits per heavy atom. The highest BCUT2D eigenvalue weighted by molar-refractivity contribution is 6.30. The Bertz CT molecular complexity index is 1430. The van der Waals surface area contributed by atoms with Gasteiger partial charge in [0.25, 0.3) is 0 Å². The van der Waals surface area contributed by atoms with Crippen molar-refractivity contribution in [1.82, 2.24) is 9.88 Å². The summed E-state index contributed by atoms with van der Waals surface area (Å²) in [5.74, 6) is -1.98. The number of rotatable bonds is 11. The van der Waals surface area contributed by atoms with E-state index in [1.807, 2.05) is 49.4 Å². The summed E-state index contributed by atoms with van der Waals surface area (Å²) < 4.78 is 1.71. The van der Waals surface area contributed by atoms with Gasteiger partial charge in [0.2, 0.25) is 0 Å². The van der Waals surface area contributed by atoms with Crippen molar-refractivity contribution in [3.63, 3.8) is 0 Å². The Morgan fingerprint density at radius 1 is 0.973 bits per heavy atom. The maximum absolute atomic E-state index is 12.0. The summed E-state index contributed by atoms with van der Waals surface area (Å²) in [5, 5.41) is 34.3. The number of halogens is 1. The fraction of sp³-hybridized carbons (Fsp3) is 0.241. The minimum absolute atomic E-state index is 0.0650. The number of carbonyl (C=O) groups is 2. The molecule has 3 aromatic carbocycles. The van der Waals surface area contributed by atoms with Crippen LogP contribution in [0.3, 0.4) is 0 Å². The highest BCUT2D eigenvalue weighted by atomic mass is 35.5. The molecule has 1 aromatic heterocycles. The van der Waals surface area contributed by atoms with Gasteiger partial charge < -0.3 is 25.2 Å². The van der Waals surface area contributed by atoms with E-state index in [9.17, 15) is 24.9 Å². The summed E-state index contributed by atoms with van der Waals surface area (Å²) in [6, 6.07) is 21.9. The first-order chi connectivity index (χ1) is 17.7. The first-order valence-electron chi connectivity index (χ1n) is 12.0. The van der Waals surface area contributed by atoms with Crippen LogP contribution in [0.1, 0.15) is 45.8 Å². The summed E-state index contributed by atoms with van der Waals surface area (Å²) in [6.45, 7) is 2.66. The van der Waals surface area contributed by atoms with Crippen LogP contribution < -0.4 is 5.32 Å². The highest BCUT2D eigenvalue weighted by Crippen LogP contribution is 2.25. The van der Waals surface area contributed by atoms with E-state index in [2.05, 4.69) is 5.32 Å². The van der Waals surface area contributed by atoms with Crippen LogP contribution in [0.25, 0.3) is 10.9 Å². The monoisotopic (exact) mass is 520 g/mol. The van der Waals surface area contributed by atoms with Crippen molar-refractivity contribution in [2.75, 3.05) is 6.54 Å². The summed E-state index contributed by atoms with van der Waals surface area (Å²) in [6.07, 6.45) is -0.119. The number of aromatic carboxylic acids is 1. The molecule has 0 spiro atoms. The molecule has 4 N–H and O–H groups in total. The van der Waals surface area contributed by atoms with Crippen molar-refractivity contribution in [2.24, 2.45) is 0 Å². The number of carboxylic acids is 2. The molecule has 4 aromatic rings. The molecular weight excluding hydrogens is 492 g/mol. The molecule has 37 heavy (non-hydrogen) atoms. The zero-order valence-electron chi connectivity index (χ0n) is 20.4. The van der Waals surface area contributed by atoms with Crippen LogP contribution in [-0.4, -0.2) is 44.4 Å². The van der Waals surface area contributed by atoms with Crippen molar-refractivity contribution in [2.45, 2.75) is 38.5 Å². The van der Waals surface area contributed by atoms with Crippen LogP contribution in [0, 0.1) is 0 Å². The lowest BCUT2D eigenvalue weighted by Crippen LogP contribution is -2.32. The van der Waals surface area contributed by atoms with E-state index in [0.29, 0.717) is 23.6 Å². The first-order valence-corrected chi connectivity index (χ1v) is 12.4. The molecule has 4 rings (SSSR count). The number of nitrogens with one attached hydrogen (secondary N) is 1. The largest absolute Gasteiger partial charge is 0.481 e. The maximum atomic E-state index is 12.0. The molecule has 7 nitrogen and oxygen atoms in total. The second kappa shape index (κ2) is 11.6. The Hall–Kier alpha value is -3.65. The van der Waals surface area contributed by atoms with Crippen LogP contribution in [0.2, 0.25) is 5.02 Å². The smallest absolute Gasteiger partial charge is 0.352 e. The lowest BCUT2D eigenvalue weighted by atomic mass is 10.0. The number of hydrogen-bond donors (Lipinski definition) is 4.